The van der Waals surface area contributed by atoms with Crippen molar-refractivity contribution in [2.45, 2.75) is 37.4 Å². The summed E-state index contributed by atoms with van der Waals surface area (Å²) in [7, 11) is 0. The Morgan fingerprint density at radius 2 is 1.93 bits per heavy atom. The highest BCUT2D eigenvalue weighted by Gasteiger charge is 2.44. The second kappa shape index (κ2) is 12.7. The number of carbonyl (C=O) groups is 3. The molecular weight excluding hydrogens is 547 g/mol. The molecule has 2 aromatic carbocycles. The molecule has 4 rings (SSSR count). The second-order valence-corrected chi connectivity index (χ2v) is 9.84. The van der Waals surface area contributed by atoms with E-state index >= 15 is 0 Å². The molecule has 2 amide bonds. The molecule has 0 aliphatic carbocycles. The zero-order valence-electron chi connectivity index (χ0n) is 21.0. The number of alkyl halides is 3. The fraction of sp³-hybridized carbons (Fsp3) is 0.296. The van der Waals surface area contributed by atoms with Crippen LogP contribution in [0.2, 0.25) is 0 Å². The zero-order chi connectivity index (χ0) is 28.7. The lowest BCUT2D eigenvalue weighted by atomic mass is 9.96. The summed E-state index contributed by atoms with van der Waals surface area (Å²) in [6, 6.07) is 15.1. The minimum absolute atomic E-state index is 0.00314. The van der Waals surface area contributed by atoms with Gasteiger partial charge in [-0.15, -0.1) is 16.4 Å². The Hall–Kier alpha value is -4.28. The molecule has 13 heteroatoms. The molecule has 1 aliphatic rings. The van der Waals surface area contributed by atoms with Gasteiger partial charge in [0.1, 0.15) is 6.04 Å². The molecule has 0 bridgehead atoms. The molecule has 1 aliphatic heterocycles. The highest BCUT2D eigenvalue weighted by atomic mass is 32.1. The van der Waals surface area contributed by atoms with Gasteiger partial charge in [-0.05, 0) is 48.1 Å². The molecule has 208 valence electrons. The maximum absolute atomic E-state index is 12.7. The third kappa shape index (κ3) is 7.22. The van der Waals surface area contributed by atoms with E-state index in [9.17, 15) is 32.8 Å². The van der Waals surface area contributed by atoms with E-state index in [1.807, 2.05) is 6.07 Å². The summed E-state index contributed by atoms with van der Waals surface area (Å²) in [6.07, 6.45) is -2.32. The lowest BCUT2D eigenvalue weighted by Crippen LogP contribution is -2.51. The number of hydroxylamine groups is 2. The van der Waals surface area contributed by atoms with E-state index in [1.165, 1.54) is 11.3 Å². The fourth-order valence-electron chi connectivity index (χ4n) is 4.20. The number of hydrogen-bond donors (Lipinski definition) is 2. The molecule has 0 unspecified atom stereocenters. The first kappa shape index (κ1) is 28.7. The number of rotatable bonds is 8. The van der Waals surface area contributed by atoms with Gasteiger partial charge in [0.15, 0.2) is 5.13 Å². The lowest BCUT2D eigenvalue weighted by Gasteiger charge is -2.32. The van der Waals surface area contributed by atoms with Crippen LogP contribution < -0.4 is 10.6 Å². The summed E-state index contributed by atoms with van der Waals surface area (Å²) in [6.45, 7) is -0.0878. The van der Waals surface area contributed by atoms with Crippen molar-refractivity contribution in [2.24, 2.45) is 0 Å². The number of anilines is 1. The molecule has 9 nitrogen and oxygen atoms in total. The van der Waals surface area contributed by atoms with Crippen LogP contribution in [0.4, 0.5) is 18.3 Å². The number of piperidine rings is 1. The molecule has 3 aromatic rings. The molecule has 2 atom stereocenters. The smallest absolute Gasteiger partial charge is 0.360 e. The van der Waals surface area contributed by atoms with Gasteiger partial charge in [0, 0.05) is 30.2 Å². The van der Waals surface area contributed by atoms with Crippen molar-refractivity contribution >= 4 is 34.3 Å². The number of aromatic nitrogens is 1. The van der Waals surface area contributed by atoms with Crippen molar-refractivity contribution in [1.82, 2.24) is 15.4 Å². The van der Waals surface area contributed by atoms with Gasteiger partial charge >= 0.3 is 12.1 Å². The van der Waals surface area contributed by atoms with Crippen LogP contribution in [0.3, 0.4) is 0 Å². The maximum Gasteiger partial charge on any atom is 0.492 e. The SMILES string of the molecule is N#C[C@@H](CNC(=O)[C@@H]1CCCCN1OC(=O)C(F)(F)F)c1ccc(-c2cccc(C(=O)Nc3nccs3)c2)cc1. The van der Waals surface area contributed by atoms with Crippen LogP contribution in [0.15, 0.2) is 60.1 Å². The van der Waals surface area contributed by atoms with Gasteiger partial charge in [-0.3, -0.25) is 14.9 Å². The van der Waals surface area contributed by atoms with Gasteiger partial charge in [0.05, 0.1) is 12.0 Å². The number of carbonyl (C=O) groups excluding carboxylic acids is 3. The van der Waals surface area contributed by atoms with Crippen molar-refractivity contribution in [3.05, 3.63) is 71.2 Å². The van der Waals surface area contributed by atoms with Gasteiger partial charge in [-0.1, -0.05) is 36.4 Å². The van der Waals surface area contributed by atoms with Crippen LogP contribution in [0, 0.1) is 11.3 Å². The summed E-state index contributed by atoms with van der Waals surface area (Å²) in [4.78, 5) is 45.0. The quantitative estimate of drug-likeness (QED) is 0.403. The predicted octanol–water partition coefficient (Wildman–Crippen LogP) is 4.66. The van der Waals surface area contributed by atoms with Gasteiger partial charge in [0.25, 0.3) is 5.91 Å². The Labute approximate surface area is 231 Å². The van der Waals surface area contributed by atoms with E-state index in [4.69, 9.17) is 0 Å². The lowest BCUT2D eigenvalue weighted by molar-refractivity contribution is -0.248. The van der Waals surface area contributed by atoms with Crippen LogP contribution >= 0.6 is 11.3 Å². The van der Waals surface area contributed by atoms with E-state index in [-0.39, 0.29) is 25.4 Å². The van der Waals surface area contributed by atoms with Crippen molar-refractivity contribution in [2.75, 3.05) is 18.4 Å². The molecule has 0 saturated carbocycles. The number of benzene rings is 2. The summed E-state index contributed by atoms with van der Waals surface area (Å²) in [5.41, 5.74) is 2.66. The standard InChI is InChI=1S/C27H24F3N5O4S/c28-27(29,30)25(38)39-35-12-2-1-6-22(35)24(37)33-16-21(15-31)18-9-7-17(8-10-18)19-4-3-5-20(14-19)23(36)34-26-32-11-13-40-26/h3-5,7-11,13-14,21-22H,1-2,6,12,16H2,(H,33,37)(H,32,34,36)/t21-,22-/m0/s1. The minimum atomic E-state index is -5.17. The summed E-state index contributed by atoms with van der Waals surface area (Å²) in [5.74, 6) is -4.03. The molecule has 1 aromatic heterocycles. The third-order valence-electron chi connectivity index (χ3n) is 6.25. The monoisotopic (exact) mass is 571 g/mol. The summed E-state index contributed by atoms with van der Waals surface area (Å²) >= 11 is 1.31. The largest absolute Gasteiger partial charge is 0.492 e. The van der Waals surface area contributed by atoms with Gasteiger partial charge in [0.2, 0.25) is 5.91 Å². The van der Waals surface area contributed by atoms with Crippen LogP contribution in [0.1, 0.15) is 41.1 Å². The van der Waals surface area contributed by atoms with Crippen molar-refractivity contribution < 1.29 is 32.4 Å². The number of amides is 2. The molecule has 2 N–H and O–H groups in total. The number of nitrogens with zero attached hydrogens (tertiary/aromatic N) is 3. The highest BCUT2D eigenvalue weighted by Crippen LogP contribution is 2.25. The summed E-state index contributed by atoms with van der Waals surface area (Å²) < 4.78 is 37.9. The molecule has 1 saturated heterocycles. The van der Waals surface area contributed by atoms with E-state index < -0.39 is 30.0 Å². The average Bonchev–Trinajstić information content (AvgIpc) is 3.46. The molecule has 1 fully saturated rings. The third-order valence-corrected chi connectivity index (χ3v) is 6.94. The normalized spacial score (nSPS) is 16.4. The summed E-state index contributed by atoms with van der Waals surface area (Å²) in [5, 5.41) is 18.0. The Balaban J connectivity index is 1.38. The topological polar surface area (TPSA) is 124 Å². The first-order valence-corrected chi connectivity index (χ1v) is 13.2. The van der Waals surface area contributed by atoms with Crippen LogP contribution in [0.5, 0.6) is 0 Å². The van der Waals surface area contributed by atoms with E-state index in [1.54, 1.807) is 54.0 Å². The van der Waals surface area contributed by atoms with Crippen LogP contribution in [-0.2, 0) is 14.4 Å². The first-order chi connectivity index (χ1) is 19.2. The molecule has 40 heavy (non-hydrogen) atoms. The average molecular weight is 572 g/mol. The van der Waals surface area contributed by atoms with E-state index in [0.29, 0.717) is 29.1 Å². The minimum Gasteiger partial charge on any atom is -0.360 e. The molecule has 0 radical (unpaired) electrons. The first-order valence-electron chi connectivity index (χ1n) is 12.3. The molecular formula is C27H24F3N5O4S. The Morgan fingerprint density at radius 1 is 1.15 bits per heavy atom. The number of nitriles is 1. The Bertz CT molecular complexity index is 1390. The predicted molar refractivity (Wildman–Crippen MR) is 140 cm³/mol. The van der Waals surface area contributed by atoms with Crippen molar-refractivity contribution in [3.63, 3.8) is 0 Å². The zero-order valence-corrected chi connectivity index (χ0v) is 21.8. The van der Waals surface area contributed by atoms with Crippen molar-refractivity contribution in [3.8, 4) is 17.2 Å². The number of nitrogens with one attached hydrogen (secondary N) is 2. The van der Waals surface area contributed by atoms with Crippen LogP contribution in [-0.4, -0.2) is 53.1 Å². The van der Waals surface area contributed by atoms with Gasteiger partial charge in [-0.2, -0.15) is 18.4 Å². The number of hydrogen-bond acceptors (Lipinski definition) is 8. The maximum atomic E-state index is 12.7. The fourth-order valence-corrected chi connectivity index (χ4v) is 4.72. The van der Waals surface area contributed by atoms with Gasteiger partial charge in [-0.25, -0.2) is 9.78 Å². The van der Waals surface area contributed by atoms with Crippen LogP contribution in [0.25, 0.3) is 11.1 Å². The van der Waals surface area contributed by atoms with Crippen molar-refractivity contribution in [1.29, 1.82) is 5.26 Å². The molecule has 0 spiro atoms. The van der Waals surface area contributed by atoms with E-state index in [0.717, 1.165) is 16.2 Å². The molecule has 2 heterocycles. The Morgan fingerprint density at radius 3 is 2.60 bits per heavy atom. The second-order valence-electron chi connectivity index (χ2n) is 8.95. The highest BCUT2D eigenvalue weighted by molar-refractivity contribution is 7.13. The number of halogens is 3. The Kier molecular flexibility index (Phi) is 9.13. The van der Waals surface area contributed by atoms with Gasteiger partial charge < -0.3 is 10.2 Å². The number of thiazole rings is 1. The van der Waals surface area contributed by atoms with E-state index in [2.05, 4.69) is 26.5 Å².